The lowest BCUT2D eigenvalue weighted by Crippen LogP contribution is -2.33. The van der Waals surface area contributed by atoms with Gasteiger partial charge in [-0.25, -0.2) is 5.01 Å². The Labute approximate surface area is 162 Å². The second kappa shape index (κ2) is 8.93. The lowest BCUT2D eigenvalue weighted by atomic mass is 9.90. The zero-order chi connectivity index (χ0) is 19.2. The molecule has 0 fully saturated rings. The Bertz CT molecular complexity index is 795. The zero-order valence-corrected chi connectivity index (χ0v) is 16.5. The monoisotopic (exact) mass is 363 g/mol. The molecule has 0 spiro atoms. The SMILES string of the molecule is CCN(C)CN=C(CN)N1CC(c2ccccc2)C(c2ccc(C)cc2)=N1. The minimum absolute atomic E-state index is 0.203. The summed E-state index contributed by atoms with van der Waals surface area (Å²) in [6.07, 6.45) is 0. The van der Waals surface area contributed by atoms with Crippen LogP contribution in [0.4, 0.5) is 0 Å². The summed E-state index contributed by atoms with van der Waals surface area (Å²) in [5.41, 5.74) is 10.7. The number of benzene rings is 2. The second-order valence-electron chi connectivity index (χ2n) is 6.99. The Balaban J connectivity index is 1.94. The first-order valence-corrected chi connectivity index (χ1v) is 9.52. The van der Waals surface area contributed by atoms with E-state index in [2.05, 4.69) is 74.3 Å². The van der Waals surface area contributed by atoms with E-state index in [0.29, 0.717) is 13.2 Å². The molecule has 142 valence electrons. The highest BCUT2D eigenvalue weighted by atomic mass is 15.5. The number of hydrazone groups is 1. The zero-order valence-electron chi connectivity index (χ0n) is 16.5. The first kappa shape index (κ1) is 19.3. The lowest BCUT2D eigenvalue weighted by Gasteiger charge is -2.19. The fraction of sp³-hybridized carbons (Fsp3) is 0.364. The van der Waals surface area contributed by atoms with Crippen LogP contribution in [0.3, 0.4) is 0 Å². The van der Waals surface area contributed by atoms with Crippen LogP contribution in [0.5, 0.6) is 0 Å². The predicted molar refractivity (Wildman–Crippen MR) is 113 cm³/mol. The lowest BCUT2D eigenvalue weighted by molar-refractivity contribution is 0.360. The minimum Gasteiger partial charge on any atom is -0.324 e. The van der Waals surface area contributed by atoms with E-state index in [0.717, 1.165) is 30.2 Å². The molecule has 5 heteroatoms. The van der Waals surface area contributed by atoms with Crippen LogP contribution in [0.15, 0.2) is 64.7 Å². The van der Waals surface area contributed by atoms with Crippen LogP contribution in [0.25, 0.3) is 0 Å². The van der Waals surface area contributed by atoms with Gasteiger partial charge >= 0.3 is 0 Å². The molecule has 5 nitrogen and oxygen atoms in total. The summed E-state index contributed by atoms with van der Waals surface area (Å²) in [5, 5.41) is 6.92. The molecule has 0 radical (unpaired) electrons. The van der Waals surface area contributed by atoms with Gasteiger partial charge < -0.3 is 5.73 Å². The van der Waals surface area contributed by atoms with Crippen molar-refractivity contribution >= 4 is 11.5 Å². The highest BCUT2D eigenvalue weighted by molar-refractivity contribution is 6.07. The molecule has 0 saturated heterocycles. The summed E-state index contributed by atoms with van der Waals surface area (Å²) in [6.45, 7) is 6.94. The van der Waals surface area contributed by atoms with E-state index in [1.807, 2.05) is 11.1 Å². The Morgan fingerprint density at radius 3 is 2.52 bits per heavy atom. The van der Waals surface area contributed by atoms with Crippen LogP contribution in [0.1, 0.15) is 29.5 Å². The summed E-state index contributed by atoms with van der Waals surface area (Å²) in [7, 11) is 2.05. The largest absolute Gasteiger partial charge is 0.324 e. The first-order chi connectivity index (χ1) is 13.1. The molecule has 1 aliphatic heterocycles. The molecule has 0 saturated carbocycles. The van der Waals surface area contributed by atoms with Crippen LogP contribution in [0, 0.1) is 6.92 Å². The number of nitrogens with zero attached hydrogens (tertiary/aromatic N) is 4. The van der Waals surface area contributed by atoms with E-state index < -0.39 is 0 Å². The molecule has 0 aromatic heterocycles. The van der Waals surface area contributed by atoms with Gasteiger partial charge in [0, 0.05) is 5.92 Å². The van der Waals surface area contributed by atoms with E-state index >= 15 is 0 Å². The summed E-state index contributed by atoms with van der Waals surface area (Å²) in [5.74, 6) is 1.04. The third-order valence-electron chi connectivity index (χ3n) is 4.98. The van der Waals surface area contributed by atoms with Gasteiger partial charge in [0.1, 0.15) is 5.84 Å². The molecular weight excluding hydrogens is 334 g/mol. The normalized spacial score (nSPS) is 17.5. The van der Waals surface area contributed by atoms with Crippen LogP contribution >= 0.6 is 0 Å². The van der Waals surface area contributed by atoms with E-state index in [1.165, 1.54) is 11.1 Å². The van der Waals surface area contributed by atoms with Gasteiger partial charge in [-0.15, -0.1) is 0 Å². The Hall–Kier alpha value is -2.50. The third-order valence-corrected chi connectivity index (χ3v) is 4.98. The number of hydrogen-bond donors (Lipinski definition) is 1. The molecule has 0 bridgehead atoms. The van der Waals surface area contributed by atoms with Crippen molar-refractivity contribution in [2.45, 2.75) is 19.8 Å². The van der Waals surface area contributed by atoms with Crippen LogP contribution in [-0.2, 0) is 0 Å². The number of amidine groups is 1. The average molecular weight is 364 g/mol. The average Bonchev–Trinajstić information content (AvgIpc) is 3.14. The number of rotatable bonds is 6. The maximum atomic E-state index is 6.01. The van der Waals surface area contributed by atoms with E-state index in [4.69, 9.17) is 15.8 Å². The Morgan fingerprint density at radius 2 is 1.89 bits per heavy atom. The van der Waals surface area contributed by atoms with Crippen molar-refractivity contribution in [3.8, 4) is 0 Å². The van der Waals surface area contributed by atoms with Crippen molar-refractivity contribution in [1.82, 2.24) is 9.91 Å². The molecule has 1 atom stereocenters. The summed E-state index contributed by atoms with van der Waals surface area (Å²) in [6, 6.07) is 19.1. The van der Waals surface area contributed by atoms with Gasteiger partial charge in [0.15, 0.2) is 0 Å². The molecule has 2 N–H and O–H groups in total. The molecule has 0 amide bonds. The maximum Gasteiger partial charge on any atom is 0.135 e. The predicted octanol–water partition coefficient (Wildman–Crippen LogP) is 3.06. The Morgan fingerprint density at radius 1 is 1.19 bits per heavy atom. The molecule has 3 rings (SSSR count). The van der Waals surface area contributed by atoms with Gasteiger partial charge in [0.25, 0.3) is 0 Å². The summed E-state index contributed by atoms with van der Waals surface area (Å²) < 4.78 is 0. The summed E-state index contributed by atoms with van der Waals surface area (Å²) in [4.78, 5) is 6.85. The first-order valence-electron chi connectivity index (χ1n) is 9.52. The fourth-order valence-electron chi connectivity index (χ4n) is 3.15. The van der Waals surface area contributed by atoms with Crippen molar-refractivity contribution in [3.05, 3.63) is 71.3 Å². The number of aryl methyl sites for hydroxylation is 1. The quantitative estimate of drug-likeness (QED) is 0.634. The molecular formula is C22H29N5. The molecule has 27 heavy (non-hydrogen) atoms. The van der Waals surface area contributed by atoms with Crippen molar-refractivity contribution in [1.29, 1.82) is 0 Å². The van der Waals surface area contributed by atoms with E-state index in [-0.39, 0.29) is 5.92 Å². The number of hydrogen-bond acceptors (Lipinski definition) is 4. The van der Waals surface area contributed by atoms with Crippen molar-refractivity contribution in [2.75, 3.05) is 33.4 Å². The van der Waals surface area contributed by atoms with Crippen LogP contribution in [-0.4, -0.2) is 54.8 Å². The van der Waals surface area contributed by atoms with Gasteiger partial charge in [0.05, 0.1) is 25.5 Å². The molecule has 2 aromatic carbocycles. The molecule has 0 aliphatic carbocycles. The summed E-state index contributed by atoms with van der Waals surface area (Å²) >= 11 is 0. The van der Waals surface area contributed by atoms with Crippen molar-refractivity contribution in [2.24, 2.45) is 15.8 Å². The van der Waals surface area contributed by atoms with Gasteiger partial charge in [-0.1, -0.05) is 67.1 Å². The van der Waals surface area contributed by atoms with Crippen molar-refractivity contribution in [3.63, 3.8) is 0 Å². The Kier molecular flexibility index (Phi) is 6.37. The molecule has 1 aliphatic rings. The molecule has 2 aromatic rings. The molecule has 1 heterocycles. The van der Waals surface area contributed by atoms with Crippen molar-refractivity contribution < 1.29 is 0 Å². The smallest absolute Gasteiger partial charge is 0.135 e. The highest BCUT2D eigenvalue weighted by Gasteiger charge is 2.30. The van der Waals surface area contributed by atoms with Crippen LogP contribution in [0.2, 0.25) is 0 Å². The van der Waals surface area contributed by atoms with Gasteiger partial charge in [-0.3, -0.25) is 9.89 Å². The van der Waals surface area contributed by atoms with Gasteiger partial charge in [0.2, 0.25) is 0 Å². The van der Waals surface area contributed by atoms with Gasteiger partial charge in [-0.05, 0) is 31.6 Å². The fourth-order valence-corrected chi connectivity index (χ4v) is 3.15. The number of nitrogens with two attached hydrogens (primary N) is 1. The van der Waals surface area contributed by atoms with Crippen LogP contribution < -0.4 is 5.73 Å². The van der Waals surface area contributed by atoms with E-state index in [9.17, 15) is 0 Å². The third kappa shape index (κ3) is 4.62. The minimum atomic E-state index is 0.203. The second-order valence-corrected chi connectivity index (χ2v) is 6.99. The van der Waals surface area contributed by atoms with Gasteiger partial charge in [-0.2, -0.15) is 5.10 Å². The topological polar surface area (TPSA) is 57.2 Å². The maximum absolute atomic E-state index is 6.01. The highest BCUT2D eigenvalue weighted by Crippen LogP contribution is 2.29. The van der Waals surface area contributed by atoms with E-state index in [1.54, 1.807) is 0 Å². The number of aliphatic imine (C=N–C) groups is 1. The molecule has 1 unspecified atom stereocenters. The standard InChI is InChI=1S/C22H29N5/c1-4-26(3)16-24-21(14-23)27-15-20(18-8-6-5-7-9-18)22(25-27)19-12-10-17(2)11-13-19/h5-13,20H,4,14-16,23H2,1-3H3.